The zero-order valence-corrected chi connectivity index (χ0v) is 7.36. The quantitative estimate of drug-likeness (QED) is 0.626. The van der Waals surface area contributed by atoms with Crippen molar-refractivity contribution in [1.29, 1.82) is 0 Å². The number of aliphatic hydroxyl groups excluding tert-OH is 1. The predicted molar refractivity (Wildman–Crippen MR) is 44.4 cm³/mol. The molecule has 0 saturated heterocycles. The van der Waals surface area contributed by atoms with Crippen LogP contribution in [0.5, 0.6) is 0 Å². The largest absolute Gasteiger partial charge is 0.395 e. The zero-order chi connectivity index (χ0) is 8.97. The summed E-state index contributed by atoms with van der Waals surface area (Å²) in [5.41, 5.74) is 0.887. The van der Waals surface area contributed by atoms with Gasteiger partial charge in [-0.3, -0.25) is 4.68 Å². The van der Waals surface area contributed by atoms with Crippen molar-refractivity contribution < 1.29 is 5.11 Å². The first-order valence-electron chi connectivity index (χ1n) is 3.92. The minimum atomic E-state index is 0.104. The second kappa shape index (κ2) is 4.18. The molecule has 0 bridgehead atoms. The Morgan fingerprint density at radius 3 is 3.00 bits per heavy atom. The van der Waals surface area contributed by atoms with Gasteiger partial charge in [0.25, 0.3) is 0 Å². The molecule has 0 radical (unpaired) electrons. The molecule has 0 saturated carbocycles. The number of rotatable bonds is 4. The molecule has 0 unspecified atom stereocenters. The summed E-state index contributed by atoms with van der Waals surface area (Å²) in [7, 11) is 1.83. The lowest BCUT2D eigenvalue weighted by Crippen LogP contribution is -2.28. The highest BCUT2D eigenvalue weighted by Crippen LogP contribution is 1.90. The molecule has 1 atom stereocenters. The molecule has 1 aromatic rings. The Hall–Kier alpha value is -0.940. The molecule has 68 valence electrons. The third-order valence-electron chi connectivity index (χ3n) is 1.56. The average molecular weight is 170 g/mol. The van der Waals surface area contributed by atoms with E-state index in [4.69, 9.17) is 5.11 Å². The van der Waals surface area contributed by atoms with Crippen molar-refractivity contribution in [2.75, 3.05) is 6.61 Å². The van der Waals surface area contributed by atoms with Crippen molar-refractivity contribution in [1.82, 2.24) is 20.3 Å². The minimum absolute atomic E-state index is 0.104. The summed E-state index contributed by atoms with van der Waals surface area (Å²) in [5.74, 6) is 0. The molecule has 1 heterocycles. The first kappa shape index (κ1) is 9.15. The predicted octanol–water partition coefficient (Wildman–Crippen LogP) is -0.715. The first-order valence-corrected chi connectivity index (χ1v) is 3.92. The van der Waals surface area contributed by atoms with Crippen LogP contribution in [0.2, 0.25) is 0 Å². The molecule has 0 fully saturated rings. The van der Waals surface area contributed by atoms with E-state index < -0.39 is 0 Å². The highest BCUT2D eigenvalue weighted by atomic mass is 16.3. The maximum atomic E-state index is 8.71. The van der Waals surface area contributed by atoms with E-state index >= 15 is 0 Å². The van der Waals surface area contributed by atoms with Gasteiger partial charge in [0.2, 0.25) is 0 Å². The molecule has 0 aliphatic carbocycles. The van der Waals surface area contributed by atoms with Gasteiger partial charge < -0.3 is 10.4 Å². The van der Waals surface area contributed by atoms with Gasteiger partial charge in [0, 0.05) is 25.8 Å². The van der Waals surface area contributed by atoms with E-state index in [2.05, 4.69) is 15.6 Å². The van der Waals surface area contributed by atoms with E-state index in [1.807, 2.05) is 20.2 Å². The maximum absolute atomic E-state index is 8.71. The van der Waals surface area contributed by atoms with Gasteiger partial charge in [-0.25, -0.2) is 0 Å². The molecule has 0 amide bonds. The van der Waals surface area contributed by atoms with Gasteiger partial charge in [0.05, 0.1) is 12.3 Å². The third-order valence-corrected chi connectivity index (χ3v) is 1.56. The summed E-state index contributed by atoms with van der Waals surface area (Å²) < 4.78 is 1.65. The maximum Gasteiger partial charge on any atom is 0.0964 e. The number of nitrogens with one attached hydrogen (secondary N) is 1. The highest BCUT2D eigenvalue weighted by Gasteiger charge is 2.01. The van der Waals surface area contributed by atoms with E-state index in [1.165, 1.54) is 0 Å². The lowest BCUT2D eigenvalue weighted by Gasteiger charge is -2.07. The number of aromatic nitrogens is 3. The summed E-state index contributed by atoms with van der Waals surface area (Å²) in [5, 5.41) is 19.5. The Bertz CT molecular complexity index is 235. The van der Waals surface area contributed by atoms with E-state index in [9.17, 15) is 0 Å². The third kappa shape index (κ3) is 2.60. The Morgan fingerprint density at radius 1 is 1.75 bits per heavy atom. The van der Waals surface area contributed by atoms with Crippen molar-refractivity contribution in [3.05, 3.63) is 11.9 Å². The smallest absolute Gasteiger partial charge is 0.0964 e. The van der Waals surface area contributed by atoms with Gasteiger partial charge in [-0.2, -0.15) is 0 Å². The van der Waals surface area contributed by atoms with E-state index in [0.717, 1.165) is 5.69 Å². The van der Waals surface area contributed by atoms with Crippen LogP contribution in [0.4, 0.5) is 0 Å². The van der Waals surface area contributed by atoms with Crippen LogP contribution in [0.1, 0.15) is 12.6 Å². The molecule has 5 heteroatoms. The van der Waals surface area contributed by atoms with Crippen molar-refractivity contribution in [3.8, 4) is 0 Å². The number of aryl methyl sites for hydroxylation is 1. The SMILES string of the molecule is C[C@H](CO)NCc1cn(C)nn1. The van der Waals surface area contributed by atoms with Gasteiger partial charge in [-0.05, 0) is 6.92 Å². The molecule has 2 N–H and O–H groups in total. The summed E-state index contributed by atoms with van der Waals surface area (Å²) in [4.78, 5) is 0. The second-order valence-corrected chi connectivity index (χ2v) is 2.85. The standard InChI is InChI=1S/C7H14N4O/c1-6(5-12)8-3-7-4-11(2)10-9-7/h4,6,8,12H,3,5H2,1-2H3/t6-/m1/s1. The van der Waals surface area contributed by atoms with Gasteiger partial charge >= 0.3 is 0 Å². The summed E-state index contributed by atoms with van der Waals surface area (Å²) in [6, 6.07) is 0.104. The fraction of sp³-hybridized carbons (Fsp3) is 0.714. The van der Waals surface area contributed by atoms with Gasteiger partial charge in [0.15, 0.2) is 0 Å². The summed E-state index contributed by atoms with van der Waals surface area (Å²) in [6.45, 7) is 2.70. The fourth-order valence-electron chi connectivity index (χ4n) is 0.820. The van der Waals surface area contributed by atoms with Crippen LogP contribution in [-0.4, -0.2) is 32.7 Å². The highest BCUT2D eigenvalue weighted by molar-refractivity contribution is 4.91. The zero-order valence-electron chi connectivity index (χ0n) is 7.36. The molecular formula is C7H14N4O. The normalized spacial score (nSPS) is 13.2. The van der Waals surface area contributed by atoms with E-state index in [1.54, 1.807) is 4.68 Å². The molecule has 0 aliphatic rings. The van der Waals surface area contributed by atoms with E-state index in [-0.39, 0.29) is 12.6 Å². The van der Waals surface area contributed by atoms with Gasteiger partial charge in [-0.1, -0.05) is 5.21 Å². The van der Waals surface area contributed by atoms with Crippen molar-refractivity contribution in [3.63, 3.8) is 0 Å². The van der Waals surface area contributed by atoms with Crippen LogP contribution in [0.25, 0.3) is 0 Å². The molecule has 0 aliphatic heterocycles. The molecule has 1 aromatic heterocycles. The van der Waals surface area contributed by atoms with Crippen LogP contribution >= 0.6 is 0 Å². The van der Waals surface area contributed by atoms with Crippen molar-refractivity contribution in [2.24, 2.45) is 7.05 Å². The number of nitrogens with zero attached hydrogens (tertiary/aromatic N) is 3. The Labute approximate surface area is 71.4 Å². The number of aliphatic hydroxyl groups is 1. The molecule has 5 nitrogen and oxygen atoms in total. The van der Waals surface area contributed by atoms with E-state index in [0.29, 0.717) is 6.54 Å². The lowest BCUT2D eigenvalue weighted by molar-refractivity contribution is 0.250. The Kier molecular flexibility index (Phi) is 3.19. The van der Waals surface area contributed by atoms with Gasteiger partial charge in [-0.15, -0.1) is 5.10 Å². The van der Waals surface area contributed by atoms with Crippen LogP contribution in [0.15, 0.2) is 6.20 Å². The molecule has 1 rings (SSSR count). The van der Waals surface area contributed by atoms with Crippen LogP contribution in [-0.2, 0) is 13.6 Å². The summed E-state index contributed by atoms with van der Waals surface area (Å²) >= 11 is 0. The number of hydrogen-bond donors (Lipinski definition) is 2. The minimum Gasteiger partial charge on any atom is -0.395 e. The topological polar surface area (TPSA) is 63.0 Å². The Morgan fingerprint density at radius 2 is 2.50 bits per heavy atom. The van der Waals surface area contributed by atoms with Crippen LogP contribution in [0, 0.1) is 0 Å². The monoisotopic (exact) mass is 170 g/mol. The molecule has 12 heavy (non-hydrogen) atoms. The van der Waals surface area contributed by atoms with Crippen molar-refractivity contribution >= 4 is 0 Å². The molecule has 0 spiro atoms. The molecule has 0 aromatic carbocycles. The summed E-state index contributed by atoms with van der Waals surface area (Å²) in [6.07, 6.45) is 1.84. The Balaban J connectivity index is 2.33. The van der Waals surface area contributed by atoms with Gasteiger partial charge in [0.1, 0.15) is 0 Å². The fourth-order valence-corrected chi connectivity index (χ4v) is 0.820. The lowest BCUT2D eigenvalue weighted by atomic mass is 10.3. The van der Waals surface area contributed by atoms with Crippen molar-refractivity contribution in [2.45, 2.75) is 19.5 Å². The van der Waals surface area contributed by atoms with Crippen LogP contribution in [0.3, 0.4) is 0 Å². The first-order chi connectivity index (χ1) is 5.72. The average Bonchev–Trinajstić information content (AvgIpc) is 2.47. The van der Waals surface area contributed by atoms with Crippen LogP contribution < -0.4 is 5.32 Å². The number of hydrogen-bond acceptors (Lipinski definition) is 4. The molecular weight excluding hydrogens is 156 g/mol. The second-order valence-electron chi connectivity index (χ2n) is 2.85.